The van der Waals surface area contributed by atoms with E-state index in [1.807, 2.05) is 53.9 Å². The van der Waals surface area contributed by atoms with Gasteiger partial charge in [0.05, 0.1) is 31.4 Å². The third kappa shape index (κ3) is 4.75. The van der Waals surface area contributed by atoms with Crippen molar-refractivity contribution in [2.75, 3.05) is 20.8 Å². The first-order valence-electron chi connectivity index (χ1n) is 10.2. The Labute approximate surface area is 190 Å². The molecule has 2 aromatic carbocycles. The second-order valence-electron chi connectivity index (χ2n) is 7.45. The van der Waals surface area contributed by atoms with Crippen LogP contribution in [0.2, 0.25) is 0 Å². The third-order valence-corrected chi connectivity index (χ3v) is 6.24. The van der Waals surface area contributed by atoms with Crippen LogP contribution < -0.4 is 9.47 Å². The highest BCUT2D eigenvalue weighted by Crippen LogP contribution is 2.39. The first kappa shape index (κ1) is 21.8. The Morgan fingerprint density at radius 1 is 1.12 bits per heavy atom. The number of rotatable bonds is 8. The maximum Gasteiger partial charge on any atom is 0.311 e. The number of para-hydroxylation sites is 1. The topological polar surface area (TPSA) is 78.0 Å². The summed E-state index contributed by atoms with van der Waals surface area (Å²) >= 11 is 1.44. The number of benzene rings is 2. The fraction of sp³-hybridized carbons (Fsp3) is 0.292. The maximum atomic E-state index is 12.6. The van der Waals surface area contributed by atoms with Crippen molar-refractivity contribution >= 4 is 23.2 Å². The second kappa shape index (κ2) is 9.82. The van der Waals surface area contributed by atoms with Gasteiger partial charge in [0.25, 0.3) is 0 Å². The molecule has 1 saturated heterocycles. The van der Waals surface area contributed by atoms with Gasteiger partial charge in [-0.15, -0.1) is 11.3 Å². The molecule has 1 amide bonds. The number of thiazole rings is 1. The van der Waals surface area contributed by atoms with Gasteiger partial charge < -0.3 is 19.1 Å². The molecular weight excluding hydrogens is 428 g/mol. The molecule has 1 aromatic heterocycles. The van der Waals surface area contributed by atoms with Gasteiger partial charge in [0.2, 0.25) is 5.91 Å². The van der Waals surface area contributed by atoms with Crippen molar-refractivity contribution in [3.63, 3.8) is 0 Å². The molecule has 0 aliphatic carbocycles. The number of aromatic nitrogens is 1. The zero-order valence-corrected chi connectivity index (χ0v) is 18.8. The molecule has 0 saturated carbocycles. The zero-order valence-electron chi connectivity index (χ0n) is 17.9. The lowest BCUT2D eigenvalue weighted by atomic mass is 10.1. The number of carbonyl (C=O) groups excluding carboxylic acids is 2. The minimum atomic E-state index is -0.456. The Morgan fingerprint density at radius 2 is 1.94 bits per heavy atom. The first-order chi connectivity index (χ1) is 15.6. The van der Waals surface area contributed by atoms with Crippen molar-refractivity contribution in [3.05, 3.63) is 65.2 Å². The van der Waals surface area contributed by atoms with Crippen LogP contribution in [0.3, 0.4) is 0 Å². The van der Waals surface area contributed by atoms with Gasteiger partial charge in [0.1, 0.15) is 11.6 Å². The van der Waals surface area contributed by atoms with E-state index in [1.54, 1.807) is 19.1 Å². The first-order valence-corrected chi connectivity index (χ1v) is 11.1. The summed E-state index contributed by atoms with van der Waals surface area (Å²) in [5, 5.41) is 2.60. The summed E-state index contributed by atoms with van der Waals surface area (Å²) in [7, 11) is 3.17. The number of hydrogen-bond donors (Lipinski definition) is 0. The molecule has 4 rings (SSSR count). The Balaban J connectivity index is 1.35. The predicted molar refractivity (Wildman–Crippen MR) is 120 cm³/mol. The van der Waals surface area contributed by atoms with E-state index >= 15 is 0 Å². The Morgan fingerprint density at radius 3 is 2.69 bits per heavy atom. The molecule has 0 N–H and O–H groups in total. The van der Waals surface area contributed by atoms with Crippen LogP contribution in [0.4, 0.5) is 0 Å². The number of nitrogens with zero attached hydrogens (tertiary/aromatic N) is 2. The summed E-state index contributed by atoms with van der Waals surface area (Å²) in [5.41, 5.74) is 2.50. The smallest absolute Gasteiger partial charge is 0.311 e. The van der Waals surface area contributed by atoms with Crippen LogP contribution in [0.1, 0.15) is 17.7 Å². The van der Waals surface area contributed by atoms with Crippen LogP contribution in [0.5, 0.6) is 11.5 Å². The molecule has 1 atom stereocenters. The summed E-state index contributed by atoms with van der Waals surface area (Å²) in [5.74, 6) is 0.372. The Bertz CT molecular complexity index is 1100. The predicted octanol–water partition coefficient (Wildman–Crippen LogP) is 3.92. The van der Waals surface area contributed by atoms with Crippen LogP contribution in [0.25, 0.3) is 10.6 Å². The molecule has 0 unspecified atom stereocenters. The molecule has 0 radical (unpaired) electrons. The molecule has 0 spiro atoms. The molecule has 166 valence electrons. The lowest BCUT2D eigenvalue weighted by Gasteiger charge is -2.16. The molecule has 3 aromatic rings. The fourth-order valence-corrected chi connectivity index (χ4v) is 4.53. The Hall–Kier alpha value is -3.39. The molecule has 1 aliphatic heterocycles. The number of amides is 1. The summed E-state index contributed by atoms with van der Waals surface area (Å²) in [6, 6.07) is 15.3. The van der Waals surface area contributed by atoms with Gasteiger partial charge in [-0.25, -0.2) is 4.98 Å². The average molecular weight is 453 g/mol. The van der Waals surface area contributed by atoms with Crippen molar-refractivity contribution in [2.24, 2.45) is 5.92 Å². The number of likely N-dealkylation sites (tertiary alicyclic amines) is 1. The SMILES string of the molecule is COc1cccc(-c2nc(COC(=O)[C@@H]3CC(=O)N(Cc4ccccc4)C3)cs2)c1OC. The molecule has 1 fully saturated rings. The van der Waals surface area contributed by atoms with Crippen LogP contribution in [0.15, 0.2) is 53.9 Å². The van der Waals surface area contributed by atoms with Crippen molar-refractivity contribution in [1.29, 1.82) is 0 Å². The summed E-state index contributed by atoms with van der Waals surface area (Å²) < 4.78 is 16.3. The molecule has 8 heteroatoms. The number of carbonyl (C=O) groups is 2. The van der Waals surface area contributed by atoms with Crippen molar-refractivity contribution < 1.29 is 23.8 Å². The average Bonchev–Trinajstić information content (AvgIpc) is 3.44. The van der Waals surface area contributed by atoms with Crippen LogP contribution in [-0.2, 0) is 27.5 Å². The van der Waals surface area contributed by atoms with Crippen molar-refractivity contribution in [2.45, 2.75) is 19.6 Å². The van der Waals surface area contributed by atoms with Gasteiger partial charge in [-0.05, 0) is 17.7 Å². The third-order valence-electron chi connectivity index (χ3n) is 5.31. The van der Waals surface area contributed by atoms with Gasteiger partial charge in [0.15, 0.2) is 11.5 Å². The van der Waals surface area contributed by atoms with Gasteiger partial charge in [-0.3, -0.25) is 9.59 Å². The quantitative estimate of drug-likeness (QED) is 0.482. The minimum Gasteiger partial charge on any atom is -0.493 e. The highest BCUT2D eigenvalue weighted by Gasteiger charge is 2.35. The van der Waals surface area contributed by atoms with E-state index in [0.717, 1.165) is 16.1 Å². The molecule has 7 nitrogen and oxygen atoms in total. The monoisotopic (exact) mass is 452 g/mol. The highest BCUT2D eigenvalue weighted by molar-refractivity contribution is 7.13. The summed E-state index contributed by atoms with van der Waals surface area (Å²) in [6.45, 7) is 0.933. The van der Waals surface area contributed by atoms with Crippen LogP contribution in [-0.4, -0.2) is 42.5 Å². The zero-order chi connectivity index (χ0) is 22.5. The van der Waals surface area contributed by atoms with Gasteiger partial charge in [-0.2, -0.15) is 0 Å². The van der Waals surface area contributed by atoms with E-state index in [0.29, 0.717) is 30.3 Å². The highest BCUT2D eigenvalue weighted by atomic mass is 32.1. The molecule has 1 aliphatic rings. The maximum absolute atomic E-state index is 12.6. The largest absolute Gasteiger partial charge is 0.493 e. The minimum absolute atomic E-state index is 0.0307. The number of ether oxygens (including phenoxy) is 3. The summed E-state index contributed by atoms with van der Waals surface area (Å²) in [6.07, 6.45) is 0.176. The van der Waals surface area contributed by atoms with Gasteiger partial charge >= 0.3 is 5.97 Å². The van der Waals surface area contributed by atoms with Crippen molar-refractivity contribution in [1.82, 2.24) is 9.88 Å². The molecular formula is C24H24N2O5S. The standard InChI is InChI=1S/C24H24N2O5S/c1-29-20-10-6-9-19(22(20)30-2)23-25-18(15-32-23)14-31-24(28)17-11-21(27)26(13-17)12-16-7-4-3-5-8-16/h3-10,15,17H,11-14H2,1-2H3/t17-/m1/s1. The molecule has 2 heterocycles. The van der Waals surface area contributed by atoms with Crippen LogP contribution >= 0.6 is 11.3 Å². The normalized spacial score (nSPS) is 15.6. The number of methoxy groups -OCH3 is 2. The van der Waals surface area contributed by atoms with E-state index < -0.39 is 5.92 Å². The number of esters is 1. The lowest BCUT2D eigenvalue weighted by molar-refractivity contribution is -0.149. The number of hydrogen-bond acceptors (Lipinski definition) is 7. The fourth-order valence-electron chi connectivity index (χ4n) is 3.70. The van der Waals surface area contributed by atoms with E-state index in [9.17, 15) is 9.59 Å². The molecule has 0 bridgehead atoms. The van der Waals surface area contributed by atoms with Gasteiger partial charge in [-0.1, -0.05) is 36.4 Å². The lowest BCUT2D eigenvalue weighted by Crippen LogP contribution is -2.26. The van der Waals surface area contributed by atoms with Crippen molar-refractivity contribution in [3.8, 4) is 22.1 Å². The van der Waals surface area contributed by atoms with E-state index in [4.69, 9.17) is 14.2 Å². The summed E-state index contributed by atoms with van der Waals surface area (Å²) in [4.78, 5) is 31.2. The van der Waals surface area contributed by atoms with E-state index in [2.05, 4.69) is 4.98 Å². The van der Waals surface area contributed by atoms with Crippen LogP contribution in [0, 0.1) is 5.92 Å². The second-order valence-corrected chi connectivity index (χ2v) is 8.31. The van der Waals surface area contributed by atoms with E-state index in [-0.39, 0.29) is 24.9 Å². The Kier molecular flexibility index (Phi) is 6.70. The van der Waals surface area contributed by atoms with Gasteiger partial charge in [0, 0.05) is 24.9 Å². The van der Waals surface area contributed by atoms with E-state index in [1.165, 1.54) is 11.3 Å². The molecule has 32 heavy (non-hydrogen) atoms.